The second kappa shape index (κ2) is 5.87. The minimum atomic E-state index is -0.290. The molecule has 0 radical (unpaired) electrons. The molecule has 0 aliphatic carbocycles. The summed E-state index contributed by atoms with van der Waals surface area (Å²) in [7, 11) is 0. The molecule has 4 heteroatoms. The van der Waals surface area contributed by atoms with Gasteiger partial charge < -0.3 is 14.8 Å². The van der Waals surface area contributed by atoms with Crippen molar-refractivity contribution in [3.05, 3.63) is 29.3 Å². The van der Waals surface area contributed by atoms with Gasteiger partial charge in [-0.05, 0) is 44.5 Å². The first-order valence-electron chi connectivity index (χ1n) is 6.34. The van der Waals surface area contributed by atoms with Crippen LogP contribution < -0.4 is 10.1 Å². The number of hydrogen-bond acceptors (Lipinski definition) is 4. The van der Waals surface area contributed by atoms with E-state index >= 15 is 0 Å². The van der Waals surface area contributed by atoms with E-state index in [4.69, 9.17) is 9.47 Å². The molecule has 2 rings (SSSR count). The molecule has 1 aromatic rings. The number of benzene rings is 1. The quantitative estimate of drug-likeness (QED) is 0.810. The van der Waals surface area contributed by atoms with Gasteiger partial charge in [-0.2, -0.15) is 0 Å². The molecule has 1 atom stereocenters. The Labute approximate surface area is 107 Å². The molecule has 1 saturated heterocycles. The van der Waals surface area contributed by atoms with Gasteiger partial charge in [-0.15, -0.1) is 0 Å². The molecule has 1 fully saturated rings. The van der Waals surface area contributed by atoms with Gasteiger partial charge in [0.05, 0.1) is 12.2 Å². The molecule has 4 nitrogen and oxygen atoms in total. The van der Waals surface area contributed by atoms with E-state index in [2.05, 4.69) is 5.32 Å². The van der Waals surface area contributed by atoms with Gasteiger partial charge in [0.25, 0.3) is 0 Å². The molecule has 1 unspecified atom stereocenters. The molecular formula is C14H19NO3. The van der Waals surface area contributed by atoms with E-state index in [0.717, 1.165) is 24.3 Å². The fourth-order valence-corrected chi connectivity index (χ4v) is 1.81. The van der Waals surface area contributed by atoms with Crippen LogP contribution in [0, 0.1) is 6.92 Å². The summed E-state index contributed by atoms with van der Waals surface area (Å²) in [6, 6.07) is 5.97. The van der Waals surface area contributed by atoms with Crippen LogP contribution >= 0.6 is 0 Å². The molecule has 0 aromatic heterocycles. The summed E-state index contributed by atoms with van der Waals surface area (Å²) in [6.07, 6.45) is 1.15. The Bertz CT molecular complexity index is 427. The highest BCUT2D eigenvalue weighted by atomic mass is 16.5. The van der Waals surface area contributed by atoms with Crippen LogP contribution in [0.15, 0.2) is 18.2 Å². The molecule has 18 heavy (non-hydrogen) atoms. The normalized spacial score (nSPS) is 18.0. The third-order valence-corrected chi connectivity index (χ3v) is 3.08. The number of aryl methyl sites for hydroxylation is 1. The highest BCUT2D eigenvalue weighted by molar-refractivity contribution is 5.91. The zero-order valence-electron chi connectivity index (χ0n) is 10.9. The summed E-state index contributed by atoms with van der Waals surface area (Å²) in [5.41, 5.74) is 1.48. The molecule has 0 saturated carbocycles. The lowest BCUT2D eigenvalue weighted by molar-refractivity contribution is 0.0525. The van der Waals surface area contributed by atoms with E-state index < -0.39 is 0 Å². The molecule has 0 bridgehead atoms. The van der Waals surface area contributed by atoms with E-state index in [9.17, 15) is 4.79 Å². The fraction of sp³-hybridized carbons (Fsp3) is 0.500. The van der Waals surface area contributed by atoms with Crippen molar-refractivity contribution in [1.82, 2.24) is 5.32 Å². The van der Waals surface area contributed by atoms with Crippen molar-refractivity contribution in [1.29, 1.82) is 0 Å². The number of ether oxygens (including phenoxy) is 2. The number of esters is 1. The van der Waals surface area contributed by atoms with Gasteiger partial charge in [0.1, 0.15) is 12.4 Å². The molecule has 0 spiro atoms. The van der Waals surface area contributed by atoms with E-state index in [0.29, 0.717) is 24.8 Å². The Morgan fingerprint density at radius 3 is 2.89 bits per heavy atom. The van der Waals surface area contributed by atoms with Gasteiger partial charge >= 0.3 is 5.97 Å². The molecule has 1 aliphatic rings. The van der Waals surface area contributed by atoms with Crippen molar-refractivity contribution in [3.8, 4) is 5.75 Å². The van der Waals surface area contributed by atoms with Gasteiger partial charge in [-0.1, -0.05) is 6.07 Å². The van der Waals surface area contributed by atoms with Crippen LogP contribution in [0.25, 0.3) is 0 Å². The minimum Gasteiger partial charge on any atom is -0.492 e. The van der Waals surface area contributed by atoms with Crippen molar-refractivity contribution in [2.45, 2.75) is 26.3 Å². The predicted octanol–water partition coefficient (Wildman–Crippen LogP) is 1.91. The van der Waals surface area contributed by atoms with Crippen LogP contribution in [0.4, 0.5) is 0 Å². The maximum Gasteiger partial charge on any atom is 0.338 e. The zero-order valence-corrected chi connectivity index (χ0v) is 10.9. The van der Waals surface area contributed by atoms with Gasteiger partial charge in [-0.3, -0.25) is 0 Å². The average Bonchev–Trinajstić information content (AvgIpc) is 2.29. The number of nitrogens with one attached hydrogen (secondary N) is 1. The molecule has 1 aromatic carbocycles. The molecular weight excluding hydrogens is 230 g/mol. The monoisotopic (exact) mass is 249 g/mol. The second-order valence-electron chi connectivity index (χ2n) is 4.45. The highest BCUT2D eigenvalue weighted by Gasteiger charge is 2.17. The van der Waals surface area contributed by atoms with Gasteiger partial charge in [0.2, 0.25) is 0 Å². The SMILES string of the molecule is CCOC(=O)c1cc(OCC2CCN2)ccc1C. The lowest BCUT2D eigenvalue weighted by atomic mass is 10.1. The summed E-state index contributed by atoms with van der Waals surface area (Å²) in [5.74, 6) is 0.430. The maximum atomic E-state index is 11.7. The molecule has 0 amide bonds. The van der Waals surface area contributed by atoms with Gasteiger partial charge in [0, 0.05) is 6.04 Å². The van der Waals surface area contributed by atoms with Crippen LogP contribution in [0.1, 0.15) is 29.3 Å². The third-order valence-electron chi connectivity index (χ3n) is 3.08. The number of carbonyl (C=O) groups is 1. The van der Waals surface area contributed by atoms with Crippen molar-refractivity contribution < 1.29 is 14.3 Å². The lowest BCUT2D eigenvalue weighted by Gasteiger charge is -2.27. The Morgan fingerprint density at radius 1 is 1.50 bits per heavy atom. The summed E-state index contributed by atoms with van der Waals surface area (Å²) in [5, 5.41) is 3.27. The van der Waals surface area contributed by atoms with E-state index in [1.807, 2.05) is 19.1 Å². The van der Waals surface area contributed by atoms with Crippen LogP contribution in [-0.4, -0.2) is 31.8 Å². The summed E-state index contributed by atoms with van der Waals surface area (Å²) in [4.78, 5) is 11.7. The molecule has 1 aliphatic heterocycles. The first-order chi connectivity index (χ1) is 8.70. The second-order valence-corrected chi connectivity index (χ2v) is 4.45. The highest BCUT2D eigenvalue weighted by Crippen LogP contribution is 2.19. The number of hydrogen-bond donors (Lipinski definition) is 1. The van der Waals surface area contributed by atoms with Crippen molar-refractivity contribution in [2.24, 2.45) is 0 Å². The van der Waals surface area contributed by atoms with Crippen LogP contribution in [-0.2, 0) is 4.74 Å². The van der Waals surface area contributed by atoms with Crippen molar-refractivity contribution >= 4 is 5.97 Å². The standard InChI is InChI=1S/C14H19NO3/c1-3-17-14(16)13-8-12(5-4-10(13)2)18-9-11-6-7-15-11/h4-5,8,11,15H,3,6-7,9H2,1-2H3. The van der Waals surface area contributed by atoms with Crippen molar-refractivity contribution in [2.75, 3.05) is 19.8 Å². The zero-order chi connectivity index (χ0) is 13.0. The van der Waals surface area contributed by atoms with Crippen LogP contribution in [0.5, 0.6) is 5.75 Å². The molecule has 1 N–H and O–H groups in total. The Balaban J connectivity index is 2.02. The minimum absolute atomic E-state index is 0.290. The van der Waals surface area contributed by atoms with E-state index in [1.54, 1.807) is 13.0 Å². The fourth-order valence-electron chi connectivity index (χ4n) is 1.81. The van der Waals surface area contributed by atoms with Crippen molar-refractivity contribution in [3.63, 3.8) is 0 Å². The van der Waals surface area contributed by atoms with Gasteiger partial charge in [-0.25, -0.2) is 4.79 Å². The van der Waals surface area contributed by atoms with Crippen LogP contribution in [0.3, 0.4) is 0 Å². The average molecular weight is 249 g/mol. The smallest absolute Gasteiger partial charge is 0.338 e. The van der Waals surface area contributed by atoms with Gasteiger partial charge in [0.15, 0.2) is 0 Å². The van der Waals surface area contributed by atoms with Crippen LogP contribution in [0.2, 0.25) is 0 Å². The lowest BCUT2D eigenvalue weighted by Crippen LogP contribution is -2.46. The Hall–Kier alpha value is -1.55. The summed E-state index contributed by atoms with van der Waals surface area (Å²) >= 11 is 0. The maximum absolute atomic E-state index is 11.7. The van der Waals surface area contributed by atoms with E-state index in [1.165, 1.54) is 0 Å². The Morgan fingerprint density at radius 2 is 2.28 bits per heavy atom. The first kappa shape index (κ1) is 12.9. The summed E-state index contributed by atoms with van der Waals surface area (Å²) in [6.45, 7) is 5.79. The largest absolute Gasteiger partial charge is 0.492 e. The molecule has 1 heterocycles. The number of carbonyl (C=O) groups excluding carboxylic acids is 1. The summed E-state index contributed by atoms with van der Waals surface area (Å²) < 4.78 is 10.7. The topological polar surface area (TPSA) is 47.6 Å². The Kier molecular flexibility index (Phi) is 4.20. The number of rotatable bonds is 5. The van der Waals surface area contributed by atoms with E-state index in [-0.39, 0.29) is 5.97 Å². The predicted molar refractivity (Wildman–Crippen MR) is 69.0 cm³/mol. The molecule has 98 valence electrons. The first-order valence-corrected chi connectivity index (χ1v) is 6.34. The third kappa shape index (κ3) is 3.01.